The summed E-state index contributed by atoms with van der Waals surface area (Å²) in [6.07, 6.45) is 3.73. The van der Waals surface area contributed by atoms with Crippen molar-refractivity contribution in [2.75, 3.05) is 7.11 Å². The minimum absolute atomic E-state index is 0.0674. The van der Waals surface area contributed by atoms with Gasteiger partial charge in [-0.1, -0.05) is 36.4 Å². The number of ether oxygens (including phenoxy) is 2. The van der Waals surface area contributed by atoms with Crippen LogP contribution in [0.25, 0.3) is 21.8 Å². The van der Waals surface area contributed by atoms with Crippen molar-refractivity contribution in [1.82, 2.24) is 9.97 Å². The number of fused-ring (bicyclic) bond motifs is 2. The van der Waals surface area contributed by atoms with Crippen LogP contribution in [-0.4, -0.2) is 29.0 Å². The maximum absolute atomic E-state index is 12.3. The van der Waals surface area contributed by atoms with Crippen LogP contribution in [0.2, 0.25) is 0 Å². The SMILES string of the molecule is COC(=O)c1c(COC(=O)CCCc2c[nH]c3ccccc23)nc2ccccc2c1C. The Morgan fingerprint density at radius 1 is 1.03 bits per heavy atom. The topological polar surface area (TPSA) is 81.3 Å². The van der Waals surface area contributed by atoms with Gasteiger partial charge in [-0.25, -0.2) is 9.78 Å². The van der Waals surface area contributed by atoms with E-state index in [0.717, 1.165) is 28.4 Å². The molecule has 0 spiro atoms. The van der Waals surface area contributed by atoms with Gasteiger partial charge in [0.1, 0.15) is 6.61 Å². The summed E-state index contributed by atoms with van der Waals surface area (Å²) in [5.41, 5.74) is 4.55. The van der Waals surface area contributed by atoms with Gasteiger partial charge in [-0.3, -0.25) is 4.79 Å². The molecule has 0 atom stereocenters. The zero-order valence-corrected chi connectivity index (χ0v) is 17.6. The molecule has 0 amide bonds. The molecule has 0 bridgehead atoms. The summed E-state index contributed by atoms with van der Waals surface area (Å²) in [4.78, 5) is 32.5. The van der Waals surface area contributed by atoms with Gasteiger partial charge in [-0.2, -0.15) is 0 Å². The van der Waals surface area contributed by atoms with Gasteiger partial charge in [0, 0.05) is 28.9 Å². The van der Waals surface area contributed by atoms with Crippen LogP contribution in [-0.2, 0) is 27.3 Å². The third kappa shape index (κ3) is 4.28. The molecule has 0 radical (unpaired) electrons. The van der Waals surface area contributed by atoms with E-state index in [1.165, 1.54) is 18.1 Å². The van der Waals surface area contributed by atoms with Crippen LogP contribution in [0.15, 0.2) is 54.7 Å². The largest absolute Gasteiger partial charge is 0.465 e. The molecule has 0 aliphatic heterocycles. The first-order chi connectivity index (χ1) is 15.1. The van der Waals surface area contributed by atoms with Gasteiger partial charge in [-0.15, -0.1) is 0 Å². The predicted molar refractivity (Wildman–Crippen MR) is 119 cm³/mol. The minimum Gasteiger partial charge on any atom is -0.465 e. The molecule has 2 aromatic carbocycles. The van der Waals surface area contributed by atoms with E-state index in [4.69, 9.17) is 9.47 Å². The van der Waals surface area contributed by atoms with Crippen LogP contribution in [0.4, 0.5) is 0 Å². The van der Waals surface area contributed by atoms with Crippen molar-refractivity contribution in [3.8, 4) is 0 Å². The second kappa shape index (κ2) is 9.00. The third-order valence-electron chi connectivity index (χ3n) is 5.49. The molecular weight excluding hydrogens is 392 g/mol. The fourth-order valence-electron chi connectivity index (χ4n) is 3.90. The van der Waals surface area contributed by atoms with Gasteiger partial charge in [0.2, 0.25) is 0 Å². The second-order valence-corrected chi connectivity index (χ2v) is 7.44. The molecule has 158 valence electrons. The number of nitrogens with one attached hydrogen (secondary N) is 1. The van der Waals surface area contributed by atoms with Gasteiger partial charge in [0.05, 0.1) is 23.9 Å². The Bertz CT molecular complexity index is 1260. The molecule has 4 rings (SSSR count). The van der Waals surface area contributed by atoms with E-state index in [9.17, 15) is 9.59 Å². The molecule has 0 saturated heterocycles. The summed E-state index contributed by atoms with van der Waals surface area (Å²) in [6.45, 7) is 1.78. The highest BCUT2D eigenvalue weighted by Gasteiger charge is 2.20. The van der Waals surface area contributed by atoms with E-state index in [0.29, 0.717) is 24.1 Å². The lowest BCUT2D eigenvalue weighted by atomic mass is 10.0. The Morgan fingerprint density at radius 3 is 2.58 bits per heavy atom. The van der Waals surface area contributed by atoms with E-state index < -0.39 is 5.97 Å². The number of hydrogen-bond acceptors (Lipinski definition) is 5. The number of H-pyrrole nitrogens is 1. The van der Waals surface area contributed by atoms with Crippen molar-refractivity contribution in [3.05, 3.63) is 77.1 Å². The number of aromatic nitrogens is 2. The normalized spacial score (nSPS) is 11.0. The lowest BCUT2D eigenvalue weighted by Crippen LogP contribution is -2.14. The zero-order chi connectivity index (χ0) is 21.8. The van der Waals surface area contributed by atoms with Crippen molar-refractivity contribution in [2.45, 2.75) is 32.8 Å². The molecule has 0 aliphatic carbocycles. The summed E-state index contributed by atoms with van der Waals surface area (Å²) in [6, 6.07) is 15.7. The van der Waals surface area contributed by atoms with Crippen molar-refractivity contribution >= 4 is 33.7 Å². The van der Waals surface area contributed by atoms with Gasteiger partial charge in [0.25, 0.3) is 0 Å². The highest BCUT2D eigenvalue weighted by Crippen LogP contribution is 2.24. The lowest BCUT2D eigenvalue weighted by molar-refractivity contribution is -0.145. The first-order valence-corrected chi connectivity index (χ1v) is 10.3. The van der Waals surface area contributed by atoms with Crippen LogP contribution < -0.4 is 0 Å². The van der Waals surface area contributed by atoms with Crippen molar-refractivity contribution in [1.29, 1.82) is 0 Å². The van der Waals surface area contributed by atoms with Crippen LogP contribution >= 0.6 is 0 Å². The third-order valence-corrected chi connectivity index (χ3v) is 5.49. The quantitative estimate of drug-likeness (QED) is 0.434. The number of esters is 2. The van der Waals surface area contributed by atoms with Gasteiger partial charge >= 0.3 is 11.9 Å². The molecule has 31 heavy (non-hydrogen) atoms. The molecule has 0 aliphatic rings. The van der Waals surface area contributed by atoms with Crippen LogP contribution in [0.1, 0.15) is 40.0 Å². The maximum atomic E-state index is 12.3. The number of nitrogens with zero attached hydrogens (tertiary/aromatic N) is 1. The number of hydrogen-bond donors (Lipinski definition) is 1. The average molecular weight is 416 g/mol. The number of carbonyl (C=O) groups is 2. The van der Waals surface area contributed by atoms with E-state index in [1.807, 2.05) is 55.6 Å². The highest BCUT2D eigenvalue weighted by molar-refractivity contribution is 5.98. The molecule has 0 fully saturated rings. The van der Waals surface area contributed by atoms with E-state index in [2.05, 4.69) is 16.0 Å². The van der Waals surface area contributed by atoms with Gasteiger partial charge in [-0.05, 0) is 43.0 Å². The molecule has 6 heteroatoms. The standard InChI is InChI=1S/C25H24N2O4/c1-16-18-9-3-6-12-21(18)27-22(24(16)25(29)30-2)15-31-23(28)13-7-8-17-14-26-20-11-5-4-10-19(17)20/h3-6,9-12,14,26H,7-8,13,15H2,1-2H3. The van der Waals surface area contributed by atoms with E-state index >= 15 is 0 Å². The number of para-hydroxylation sites is 2. The van der Waals surface area contributed by atoms with Crippen LogP contribution in [0.5, 0.6) is 0 Å². The van der Waals surface area contributed by atoms with Crippen molar-refractivity contribution in [2.24, 2.45) is 0 Å². The number of rotatable bonds is 7. The van der Waals surface area contributed by atoms with Crippen molar-refractivity contribution < 1.29 is 19.1 Å². The van der Waals surface area contributed by atoms with E-state index in [-0.39, 0.29) is 12.6 Å². The van der Waals surface area contributed by atoms with Gasteiger partial charge < -0.3 is 14.5 Å². The number of methoxy groups -OCH3 is 1. The second-order valence-electron chi connectivity index (χ2n) is 7.44. The fraction of sp³-hybridized carbons (Fsp3) is 0.240. The Morgan fingerprint density at radius 2 is 1.77 bits per heavy atom. The Kier molecular flexibility index (Phi) is 5.98. The Balaban J connectivity index is 1.42. The zero-order valence-electron chi connectivity index (χ0n) is 17.6. The van der Waals surface area contributed by atoms with Crippen LogP contribution in [0.3, 0.4) is 0 Å². The molecule has 2 aromatic heterocycles. The average Bonchev–Trinajstić information content (AvgIpc) is 3.20. The number of aromatic amines is 1. The summed E-state index contributed by atoms with van der Waals surface area (Å²) in [7, 11) is 1.33. The summed E-state index contributed by atoms with van der Waals surface area (Å²) in [5, 5.41) is 2.05. The lowest BCUT2D eigenvalue weighted by Gasteiger charge is -2.13. The summed E-state index contributed by atoms with van der Waals surface area (Å²) < 4.78 is 10.4. The molecule has 2 heterocycles. The molecule has 1 N–H and O–H groups in total. The summed E-state index contributed by atoms with van der Waals surface area (Å²) in [5.74, 6) is -0.801. The predicted octanol–water partition coefficient (Wildman–Crippen LogP) is 4.88. The molecule has 0 saturated carbocycles. The van der Waals surface area contributed by atoms with Crippen molar-refractivity contribution in [3.63, 3.8) is 0 Å². The molecular formula is C25H24N2O4. The molecule has 4 aromatic rings. The summed E-state index contributed by atoms with van der Waals surface area (Å²) >= 11 is 0. The number of benzene rings is 2. The number of carbonyl (C=O) groups excluding carboxylic acids is 2. The minimum atomic E-state index is -0.485. The smallest absolute Gasteiger partial charge is 0.340 e. The Labute approximate surface area is 180 Å². The van der Waals surface area contributed by atoms with Crippen LogP contribution in [0, 0.1) is 6.92 Å². The fourth-order valence-corrected chi connectivity index (χ4v) is 3.90. The van der Waals surface area contributed by atoms with Gasteiger partial charge in [0.15, 0.2) is 0 Å². The highest BCUT2D eigenvalue weighted by atomic mass is 16.5. The first-order valence-electron chi connectivity index (χ1n) is 10.3. The monoisotopic (exact) mass is 416 g/mol. The number of aryl methyl sites for hydroxylation is 2. The molecule has 6 nitrogen and oxygen atoms in total. The maximum Gasteiger partial charge on any atom is 0.340 e. The first kappa shape index (κ1) is 20.6. The van der Waals surface area contributed by atoms with E-state index in [1.54, 1.807) is 0 Å². The molecule has 0 unspecified atom stereocenters. The number of pyridine rings is 1. The Hall–Kier alpha value is -3.67.